The summed E-state index contributed by atoms with van der Waals surface area (Å²) in [6, 6.07) is 0.668. The van der Waals surface area contributed by atoms with Gasteiger partial charge in [-0.15, -0.1) is 0 Å². The number of hydrogen-bond acceptors (Lipinski definition) is 1. The maximum atomic E-state index is 11.3. The molecule has 17 heavy (non-hydrogen) atoms. The molecule has 2 aliphatic heterocycles. The number of carbonyl (C=O) groups is 1. The van der Waals surface area contributed by atoms with Crippen molar-refractivity contribution in [3.63, 3.8) is 0 Å². The fourth-order valence-electron chi connectivity index (χ4n) is 2.58. The van der Waals surface area contributed by atoms with Gasteiger partial charge in [0.05, 0.1) is 13.1 Å². The van der Waals surface area contributed by atoms with Crippen LogP contribution >= 0.6 is 0 Å². The van der Waals surface area contributed by atoms with E-state index in [-0.39, 0.29) is 5.91 Å². The number of rotatable bonds is 1. The van der Waals surface area contributed by atoms with Gasteiger partial charge < -0.3 is 9.38 Å². The largest absolute Gasteiger partial charge is 0.334 e. The fraction of sp³-hybridized carbons (Fsp3) is 0.786. The lowest BCUT2D eigenvalue weighted by Gasteiger charge is -2.36. The van der Waals surface area contributed by atoms with E-state index >= 15 is 0 Å². The molecular formula is C14H27N2O+. The van der Waals surface area contributed by atoms with Crippen LogP contribution in [-0.4, -0.2) is 54.6 Å². The maximum Gasteiger partial charge on any atom is 0.220 e. The van der Waals surface area contributed by atoms with Gasteiger partial charge in [-0.2, -0.15) is 0 Å². The minimum Gasteiger partial charge on any atom is -0.334 e. The average molecular weight is 239 g/mol. The Hall–Kier alpha value is -0.830. The van der Waals surface area contributed by atoms with Gasteiger partial charge in [0.2, 0.25) is 5.91 Å². The average Bonchev–Trinajstić information content (AvgIpc) is 2.76. The van der Waals surface area contributed by atoms with Crippen LogP contribution in [0.15, 0.2) is 11.1 Å². The Morgan fingerprint density at radius 3 is 1.88 bits per heavy atom. The third-order valence-electron chi connectivity index (χ3n) is 4.06. The first-order valence-corrected chi connectivity index (χ1v) is 6.72. The van der Waals surface area contributed by atoms with Crippen LogP contribution in [0.1, 0.15) is 34.6 Å². The molecule has 2 aliphatic rings. The smallest absolute Gasteiger partial charge is 0.220 e. The lowest BCUT2D eigenvalue weighted by atomic mass is 10.2. The number of carbonyl (C=O) groups excluding carboxylic acids is 1. The SMILES string of the molecule is CC.CC(=O)N1CC2=C(C1)C[N+](C)(C(C)C)C2. The number of likely N-dealkylation sites (N-methyl/N-ethyl adjacent to an activating group) is 1. The Kier molecular flexibility index (Phi) is 4.36. The van der Waals surface area contributed by atoms with E-state index in [2.05, 4.69) is 20.9 Å². The summed E-state index contributed by atoms with van der Waals surface area (Å²) < 4.78 is 1.12. The van der Waals surface area contributed by atoms with Crippen molar-refractivity contribution >= 4 is 5.91 Å². The van der Waals surface area contributed by atoms with Crippen molar-refractivity contribution in [3.8, 4) is 0 Å². The van der Waals surface area contributed by atoms with Crippen LogP contribution in [0.4, 0.5) is 0 Å². The fourth-order valence-corrected chi connectivity index (χ4v) is 2.58. The molecule has 1 amide bonds. The van der Waals surface area contributed by atoms with Gasteiger partial charge in [0.1, 0.15) is 13.1 Å². The van der Waals surface area contributed by atoms with Crippen molar-refractivity contribution in [1.29, 1.82) is 0 Å². The molecule has 0 saturated heterocycles. The summed E-state index contributed by atoms with van der Waals surface area (Å²) in [7, 11) is 2.32. The molecule has 0 spiro atoms. The van der Waals surface area contributed by atoms with E-state index in [1.807, 2.05) is 18.7 Å². The van der Waals surface area contributed by atoms with E-state index in [9.17, 15) is 4.79 Å². The molecule has 0 atom stereocenters. The summed E-state index contributed by atoms with van der Waals surface area (Å²) >= 11 is 0. The Balaban J connectivity index is 0.000000686. The van der Waals surface area contributed by atoms with Gasteiger partial charge in [0.25, 0.3) is 0 Å². The van der Waals surface area contributed by atoms with Gasteiger partial charge in [-0.1, -0.05) is 13.8 Å². The highest BCUT2D eigenvalue weighted by Crippen LogP contribution is 2.31. The molecule has 0 N–H and O–H groups in total. The van der Waals surface area contributed by atoms with Crippen LogP contribution in [-0.2, 0) is 4.79 Å². The van der Waals surface area contributed by atoms with Crippen molar-refractivity contribution in [2.45, 2.75) is 40.7 Å². The molecule has 0 radical (unpaired) electrons. The van der Waals surface area contributed by atoms with Crippen LogP contribution in [0.5, 0.6) is 0 Å². The van der Waals surface area contributed by atoms with E-state index in [1.54, 1.807) is 6.92 Å². The predicted octanol–water partition coefficient (Wildman–Crippen LogP) is 2.04. The molecule has 0 saturated carbocycles. The maximum absolute atomic E-state index is 11.3. The summed E-state index contributed by atoms with van der Waals surface area (Å²) in [4.78, 5) is 13.2. The van der Waals surface area contributed by atoms with Gasteiger partial charge in [0.15, 0.2) is 0 Å². The van der Waals surface area contributed by atoms with Crippen molar-refractivity contribution in [3.05, 3.63) is 11.1 Å². The third kappa shape index (κ3) is 2.71. The summed E-state index contributed by atoms with van der Waals surface area (Å²) in [5, 5.41) is 0. The van der Waals surface area contributed by atoms with Crippen molar-refractivity contribution < 1.29 is 9.28 Å². The summed E-state index contributed by atoms with van der Waals surface area (Å²) in [6.07, 6.45) is 0. The lowest BCUT2D eigenvalue weighted by molar-refractivity contribution is -0.916. The standard InChI is InChI=1S/C12H21N2O.C2H6/c1-9(2)14(4)7-11-5-13(10(3)15)6-12(11)8-14;1-2/h9H,5-8H2,1-4H3;1-2H3/q+1;. The molecule has 0 fully saturated rings. The van der Waals surface area contributed by atoms with E-state index in [4.69, 9.17) is 0 Å². The number of quaternary nitrogens is 1. The Labute approximate surface area is 106 Å². The molecule has 0 aromatic rings. The van der Waals surface area contributed by atoms with E-state index < -0.39 is 0 Å². The zero-order chi connectivity index (χ0) is 13.2. The first-order chi connectivity index (χ1) is 7.92. The second kappa shape index (κ2) is 5.21. The van der Waals surface area contributed by atoms with E-state index in [1.165, 1.54) is 11.1 Å². The van der Waals surface area contributed by atoms with Crippen LogP contribution in [0.25, 0.3) is 0 Å². The van der Waals surface area contributed by atoms with Gasteiger partial charge >= 0.3 is 0 Å². The van der Waals surface area contributed by atoms with Gasteiger partial charge in [-0.05, 0) is 13.8 Å². The zero-order valence-electron chi connectivity index (χ0n) is 12.2. The molecule has 0 bridgehead atoms. The van der Waals surface area contributed by atoms with Crippen molar-refractivity contribution in [1.82, 2.24) is 4.90 Å². The van der Waals surface area contributed by atoms with Gasteiger partial charge in [-0.3, -0.25) is 4.79 Å². The molecule has 0 aromatic heterocycles. The van der Waals surface area contributed by atoms with Crippen LogP contribution < -0.4 is 0 Å². The molecule has 0 unspecified atom stereocenters. The Morgan fingerprint density at radius 2 is 1.59 bits per heavy atom. The monoisotopic (exact) mass is 239 g/mol. The molecule has 2 rings (SSSR count). The van der Waals surface area contributed by atoms with Crippen LogP contribution in [0, 0.1) is 0 Å². The number of amides is 1. The summed E-state index contributed by atoms with van der Waals surface area (Å²) in [5.74, 6) is 0.211. The van der Waals surface area contributed by atoms with Crippen molar-refractivity contribution in [2.75, 3.05) is 33.2 Å². The topological polar surface area (TPSA) is 20.3 Å². The molecule has 98 valence electrons. The molecule has 0 aliphatic carbocycles. The molecule has 0 aromatic carbocycles. The van der Waals surface area contributed by atoms with Crippen LogP contribution in [0.2, 0.25) is 0 Å². The second-order valence-corrected chi connectivity index (χ2v) is 5.47. The zero-order valence-corrected chi connectivity index (χ0v) is 12.2. The summed E-state index contributed by atoms with van der Waals surface area (Å²) in [5.41, 5.74) is 3.03. The summed E-state index contributed by atoms with van der Waals surface area (Å²) in [6.45, 7) is 14.3. The highest BCUT2D eigenvalue weighted by atomic mass is 16.2. The normalized spacial score (nSPS) is 21.5. The minimum atomic E-state index is 0.211. The first kappa shape index (κ1) is 14.2. The van der Waals surface area contributed by atoms with Gasteiger partial charge in [-0.25, -0.2) is 0 Å². The van der Waals surface area contributed by atoms with Crippen LogP contribution in [0.3, 0.4) is 0 Å². The Bertz CT molecular complexity index is 313. The minimum absolute atomic E-state index is 0.211. The third-order valence-corrected chi connectivity index (χ3v) is 4.06. The van der Waals surface area contributed by atoms with Gasteiger partial charge in [0, 0.05) is 31.2 Å². The highest BCUT2D eigenvalue weighted by Gasteiger charge is 2.40. The first-order valence-electron chi connectivity index (χ1n) is 6.72. The van der Waals surface area contributed by atoms with E-state index in [0.717, 1.165) is 30.7 Å². The molecule has 3 nitrogen and oxygen atoms in total. The number of nitrogens with zero attached hydrogens (tertiary/aromatic N) is 2. The predicted molar refractivity (Wildman–Crippen MR) is 71.7 cm³/mol. The number of hydrogen-bond donors (Lipinski definition) is 0. The molecule has 3 heteroatoms. The van der Waals surface area contributed by atoms with E-state index in [0.29, 0.717) is 6.04 Å². The quantitative estimate of drug-likeness (QED) is 0.506. The lowest BCUT2D eigenvalue weighted by Crippen LogP contribution is -2.50. The van der Waals surface area contributed by atoms with Crippen molar-refractivity contribution in [2.24, 2.45) is 0 Å². The second-order valence-electron chi connectivity index (χ2n) is 5.47. The molecule has 2 heterocycles. The molecular weight excluding hydrogens is 212 g/mol. The Morgan fingerprint density at radius 1 is 1.18 bits per heavy atom. The highest BCUT2D eigenvalue weighted by molar-refractivity contribution is 5.74.